The summed E-state index contributed by atoms with van der Waals surface area (Å²) in [5.41, 5.74) is -1.21. The summed E-state index contributed by atoms with van der Waals surface area (Å²) >= 11 is 3.72. The third kappa shape index (κ3) is 2.90. The van der Waals surface area contributed by atoms with Crippen LogP contribution in [0, 0.1) is 5.92 Å². The highest BCUT2D eigenvalue weighted by molar-refractivity contribution is 9.09. The molecule has 2 heterocycles. The molecular weight excluding hydrogens is 385 g/mol. The van der Waals surface area contributed by atoms with Gasteiger partial charge in [-0.15, -0.1) is 0 Å². The van der Waals surface area contributed by atoms with Gasteiger partial charge in [0.15, 0.2) is 0 Å². The van der Waals surface area contributed by atoms with E-state index in [0.717, 1.165) is 12.5 Å². The number of fused-ring (bicyclic) bond motifs is 2. The molecule has 24 heavy (non-hydrogen) atoms. The van der Waals surface area contributed by atoms with Crippen LogP contribution in [-0.4, -0.2) is 22.1 Å². The monoisotopic (exact) mass is 406 g/mol. The second-order valence-electron chi connectivity index (χ2n) is 7.35. The van der Waals surface area contributed by atoms with E-state index in [1.54, 1.807) is 6.07 Å². The lowest BCUT2D eigenvalue weighted by atomic mass is 9.75. The molecule has 0 radical (unpaired) electrons. The van der Waals surface area contributed by atoms with Crippen molar-refractivity contribution in [2.75, 3.05) is 0 Å². The topological polar surface area (TPSA) is 18.5 Å². The van der Waals surface area contributed by atoms with Gasteiger partial charge in [-0.2, -0.15) is 13.2 Å². The Morgan fingerprint density at radius 3 is 2.54 bits per heavy atom. The molecule has 0 spiro atoms. The van der Waals surface area contributed by atoms with Crippen LogP contribution in [-0.2, 0) is 22.3 Å². The molecule has 0 saturated carbocycles. The minimum Gasteiger partial charge on any atom is -0.370 e. The Morgan fingerprint density at radius 2 is 1.96 bits per heavy atom. The highest BCUT2D eigenvalue weighted by Gasteiger charge is 2.65. The molecule has 0 aromatic heterocycles. The quantitative estimate of drug-likeness (QED) is 0.628. The summed E-state index contributed by atoms with van der Waals surface area (Å²) < 4.78 is 51.6. The SMILES string of the molecule is CC(C)[C@]12C[C@@H](OCc3ccccc3C(F)(F)F)[C@](C)(C[C@@H]1Br)O2. The van der Waals surface area contributed by atoms with Gasteiger partial charge in [-0.05, 0) is 30.9 Å². The van der Waals surface area contributed by atoms with Crippen LogP contribution in [0.4, 0.5) is 13.2 Å². The normalized spacial score (nSPS) is 35.8. The molecule has 3 rings (SSSR count). The highest BCUT2D eigenvalue weighted by Crippen LogP contribution is 2.57. The summed E-state index contributed by atoms with van der Waals surface area (Å²) in [5, 5.41) is 0. The second-order valence-corrected chi connectivity index (χ2v) is 8.46. The van der Waals surface area contributed by atoms with Gasteiger partial charge in [-0.25, -0.2) is 0 Å². The van der Waals surface area contributed by atoms with E-state index in [2.05, 4.69) is 29.8 Å². The van der Waals surface area contributed by atoms with E-state index in [1.807, 2.05) is 6.92 Å². The summed E-state index contributed by atoms with van der Waals surface area (Å²) in [4.78, 5) is 0.248. The zero-order valence-corrected chi connectivity index (χ0v) is 15.6. The maximum atomic E-state index is 13.1. The number of benzene rings is 1. The van der Waals surface area contributed by atoms with Crippen LogP contribution in [0.2, 0.25) is 0 Å². The second kappa shape index (κ2) is 5.99. The third-order valence-electron chi connectivity index (χ3n) is 5.46. The Morgan fingerprint density at radius 1 is 1.29 bits per heavy atom. The van der Waals surface area contributed by atoms with E-state index in [0.29, 0.717) is 12.3 Å². The Hall–Kier alpha value is -0.590. The highest BCUT2D eigenvalue weighted by atomic mass is 79.9. The Bertz CT molecular complexity index is 619. The van der Waals surface area contributed by atoms with Gasteiger partial charge in [0.1, 0.15) is 0 Å². The van der Waals surface area contributed by atoms with Gasteiger partial charge in [0.25, 0.3) is 0 Å². The third-order valence-corrected chi connectivity index (χ3v) is 6.56. The fourth-order valence-corrected chi connectivity index (χ4v) is 5.46. The van der Waals surface area contributed by atoms with Gasteiger partial charge >= 0.3 is 6.18 Å². The molecule has 1 aromatic rings. The van der Waals surface area contributed by atoms with Crippen LogP contribution in [0.1, 0.15) is 44.7 Å². The lowest BCUT2D eigenvalue weighted by Crippen LogP contribution is -2.44. The first kappa shape index (κ1) is 18.2. The summed E-state index contributed by atoms with van der Waals surface area (Å²) in [6.45, 7) is 6.17. The van der Waals surface area contributed by atoms with E-state index in [1.165, 1.54) is 12.1 Å². The molecule has 2 fully saturated rings. The van der Waals surface area contributed by atoms with Crippen LogP contribution in [0.5, 0.6) is 0 Å². The average Bonchev–Trinajstić information content (AvgIpc) is 2.92. The van der Waals surface area contributed by atoms with Crippen LogP contribution in [0.3, 0.4) is 0 Å². The fourth-order valence-electron chi connectivity index (χ4n) is 4.00. The van der Waals surface area contributed by atoms with Crippen molar-refractivity contribution < 1.29 is 22.6 Å². The van der Waals surface area contributed by atoms with Crippen LogP contribution in [0.25, 0.3) is 0 Å². The van der Waals surface area contributed by atoms with Crippen molar-refractivity contribution in [3.8, 4) is 0 Å². The number of hydrogen-bond donors (Lipinski definition) is 0. The molecule has 1 aromatic carbocycles. The molecule has 4 atom stereocenters. The van der Waals surface area contributed by atoms with Gasteiger partial charge in [-0.1, -0.05) is 48.0 Å². The maximum Gasteiger partial charge on any atom is 0.416 e. The molecule has 2 nitrogen and oxygen atoms in total. The summed E-state index contributed by atoms with van der Waals surface area (Å²) in [6, 6.07) is 5.58. The first-order valence-electron chi connectivity index (χ1n) is 8.19. The smallest absolute Gasteiger partial charge is 0.370 e. The number of hydrogen-bond acceptors (Lipinski definition) is 2. The van der Waals surface area contributed by atoms with Crippen molar-refractivity contribution in [3.05, 3.63) is 35.4 Å². The van der Waals surface area contributed by atoms with Gasteiger partial charge in [0.2, 0.25) is 0 Å². The molecule has 2 aliphatic rings. The van der Waals surface area contributed by atoms with Crippen molar-refractivity contribution in [1.82, 2.24) is 0 Å². The summed E-state index contributed by atoms with van der Waals surface area (Å²) in [6.07, 6.45) is -3.06. The molecule has 2 bridgehead atoms. The molecule has 0 N–H and O–H groups in total. The maximum absolute atomic E-state index is 13.1. The lowest BCUT2D eigenvalue weighted by Gasteiger charge is -2.35. The number of alkyl halides is 4. The predicted molar refractivity (Wildman–Crippen MR) is 89.0 cm³/mol. The summed E-state index contributed by atoms with van der Waals surface area (Å²) in [7, 11) is 0. The van der Waals surface area contributed by atoms with Crippen LogP contribution < -0.4 is 0 Å². The van der Waals surface area contributed by atoms with Crippen molar-refractivity contribution in [1.29, 1.82) is 0 Å². The Labute approximate surface area is 148 Å². The van der Waals surface area contributed by atoms with Crippen molar-refractivity contribution in [2.45, 2.75) is 68.5 Å². The van der Waals surface area contributed by atoms with E-state index < -0.39 is 17.3 Å². The van der Waals surface area contributed by atoms with E-state index in [4.69, 9.17) is 9.47 Å². The average molecular weight is 407 g/mol. The lowest BCUT2D eigenvalue weighted by molar-refractivity contribution is -0.139. The zero-order chi connectivity index (χ0) is 17.8. The number of halogens is 4. The van der Waals surface area contributed by atoms with E-state index in [9.17, 15) is 13.2 Å². The minimum absolute atomic E-state index is 0.0551. The largest absolute Gasteiger partial charge is 0.416 e. The molecule has 0 amide bonds. The molecular formula is C18H22BrF3O2. The van der Waals surface area contributed by atoms with Crippen molar-refractivity contribution in [2.24, 2.45) is 5.92 Å². The number of ether oxygens (including phenoxy) is 2. The van der Waals surface area contributed by atoms with Crippen molar-refractivity contribution in [3.63, 3.8) is 0 Å². The van der Waals surface area contributed by atoms with Gasteiger partial charge < -0.3 is 9.47 Å². The number of rotatable bonds is 4. The molecule has 0 unspecified atom stereocenters. The predicted octanol–water partition coefficient (Wildman–Crippen LogP) is 5.33. The first-order chi connectivity index (χ1) is 11.1. The van der Waals surface area contributed by atoms with Gasteiger partial charge in [-0.3, -0.25) is 0 Å². The molecule has 2 aliphatic heterocycles. The standard InChI is InChI=1S/C18H22BrF3O2/c1-11(2)17-9-15(16(3,24-17)8-14(17)19)23-10-12-6-4-5-7-13(12)18(20,21)22/h4-7,11,14-15H,8-10H2,1-3H3/t14-,15+,16-,17+/m0/s1. The fraction of sp³-hybridized carbons (Fsp3) is 0.667. The van der Waals surface area contributed by atoms with E-state index in [-0.39, 0.29) is 28.7 Å². The Balaban J connectivity index is 1.76. The van der Waals surface area contributed by atoms with E-state index >= 15 is 0 Å². The summed E-state index contributed by atoms with van der Waals surface area (Å²) in [5.74, 6) is 0.305. The van der Waals surface area contributed by atoms with Crippen LogP contribution >= 0.6 is 15.9 Å². The minimum atomic E-state index is -4.37. The zero-order valence-electron chi connectivity index (χ0n) is 14.0. The molecule has 0 aliphatic carbocycles. The van der Waals surface area contributed by atoms with Crippen molar-refractivity contribution >= 4 is 15.9 Å². The Kier molecular flexibility index (Phi) is 4.54. The molecule has 6 heteroatoms. The molecule has 134 valence electrons. The van der Waals surface area contributed by atoms with Gasteiger partial charge in [0.05, 0.1) is 29.5 Å². The first-order valence-corrected chi connectivity index (χ1v) is 9.11. The van der Waals surface area contributed by atoms with Gasteiger partial charge in [0, 0.05) is 11.2 Å². The molecule has 2 saturated heterocycles. The van der Waals surface area contributed by atoms with Crippen LogP contribution in [0.15, 0.2) is 24.3 Å².